The molecule has 10 heteroatoms. The molecule has 4 rings (SSSR count). The van der Waals surface area contributed by atoms with Crippen molar-refractivity contribution in [2.24, 2.45) is 0 Å². The molecule has 3 N–H and O–H groups in total. The van der Waals surface area contributed by atoms with Gasteiger partial charge in [-0.2, -0.15) is 5.26 Å². The molecule has 158 valence electrons. The zero-order chi connectivity index (χ0) is 22.0. The topological polar surface area (TPSA) is 124 Å². The van der Waals surface area contributed by atoms with Crippen molar-refractivity contribution < 1.29 is 4.79 Å². The number of nitrogens with two attached hydrogens (primary N) is 1. The van der Waals surface area contributed by atoms with Gasteiger partial charge in [-0.3, -0.25) is 4.79 Å². The zero-order valence-corrected chi connectivity index (χ0v) is 18.1. The second kappa shape index (κ2) is 8.67. The molecule has 3 aromatic rings. The summed E-state index contributed by atoms with van der Waals surface area (Å²) in [6, 6.07) is 9.38. The van der Waals surface area contributed by atoms with E-state index < -0.39 is 0 Å². The molecule has 1 aliphatic rings. The Morgan fingerprint density at radius 3 is 2.71 bits per heavy atom. The number of nitriles is 1. The molecule has 1 saturated heterocycles. The molecule has 0 saturated carbocycles. The smallest absolute Gasteiger partial charge is 0.254 e. The van der Waals surface area contributed by atoms with E-state index >= 15 is 0 Å². The van der Waals surface area contributed by atoms with Crippen LogP contribution < -0.4 is 11.1 Å². The van der Waals surface area contributed by atoms with E-state index in [1.807, 2.05) is 24.0 Å². The number of anilines is 3. The van der Waals surface area contributed by atoms with Crippen molar-refractivity contribution in [3.05, 3.63) is 47.3 Å². The molecular weight excluding hydrogens is 412 g/mol. The summed E-state index contributed by atoms with van der Waals surface area (Å²) in [6.45, 7) is 4.99. The van der Waals surface area contributed by atoms with Crippen LogP contribution in [0.1, 0.15) is 21.6 Å². The third-order valence-corrected chi connectivity index (χ3v) is 6.09. The summed E-state index contributed by atoms with van der Waals surface area (Å²) in [7, 11) is 2.06. The molecule has 1 aliphatic heterocycles. The average molecular weight is 435 g/mol. The van der Waals surface area contributed by atoms with Gasteiger partial charge in [-0.25, -0.2) is 15.0 Å². The maximum Gasteiger partial charge on any atom is 0.254 e. The summed E-state index contributed by atoms with van der Waals surface area (Å²) in [5.41, 5.74) is 8.65. The molecule has 0 spiro atoms. The number of likely N-dealkylation sites (N-methyl/N-ethyl adjacent to an activating group) is 1. The van der Waals surface area contributed by atoms with Crippen molar-refractivity contribution in [2.75, 3.05) is 44.3 Å². The highest BCUT2D eigenvalue weighted by molar-refractivity contribution is 7.18. The maximum atomic E-state index is 12.9. The van der Waals surface area contributed by atoms with E-state index in [0.717, 1.165) is 18.0 Å². The van der Waals surface area contributed by atoms with Crippen LogP contribution in [0.2, 0.25) is 0 Å². The Morgan fingerprint density at radius 1 is 1.26 bits per heavy atom. The summed E-state index contributed by atoms with van der Waals surface area (Å²) in [6.07, 6.45) is 1.47. The van der Waals surface area contributed by atoms with Crippen LogP contribution in [-0.4, -0.2) is 63.9 Å². The Morgan fingerprint density at radius 2 is 2.03 bits per heavy atom. The molecule has 9 nitrogen and oxygen atoms in total. The van der Waals surface area contributed by atoms with Crippen molar-refractivity contribution in [1.82, 2.24) is 24.8 Å². The van der Waals surface area contributed by atoms with Crippen LogP contribution in [0.5, 0.6) is 0 Å². The number of nitrogen functional groups attached to an aromatic ring is 1. The molecule has 0 radical (unpaired) electrons. The van der Waals surface area contributed by atoms with E-state index in [4.69, 9.17) is 5.73 Å². The van der Waals surface area contributed by atoms with Crippen molar-refractivity contribution >= 4 is 34.0 Å². The summed E-state index contributed by atoms with van der Waals surface area (Å²) >= 11 is 1.28. The number of amides is 1. The molecule has 0 aliphatic carbocycles. The lowest BCUT2D eigenvalue weighted by molar-refractivity contribution is 0.0664. The van der Waals surface area contributed by atoms with Gasteiger partial charge >= 0.3 is 0 Å². The predicted molar refractivity (Wildman–Crippen MR) is 120 cm³/mol. The van der Waals surface area contributed by atoms with Crippen LogP contribution in [-0.2, 0) is 0 Å². The number of thiazole rings is 1. The van der Waals surface area contributed by atoms with Crippen molar-refractivity contribution in [3.63, 3.8) is 0 Å². The van der Waals surface area contributed by atoms with E-state index in [1.54, 1.807) is 12.1 Å². The Balaban J connectivity index is 1.58. The number of benzene rings is 1. The predicted octanol–water partition coefficient (Wildman–Crippen LogP) is 2.49. The van der Waals surface area contributed by atoms with Crippen molar-refractivity contribution in [1.29, 1.82) is 5.26 Å². The highest BCUT2D eigenvalue weighted by Gasteiger charge is 2.21. The molecule has 2 aromatic heterocycles. The van der Waals surface area contributed by atoms with Gasteiger partial charge in [0.1, 0.15) is 11.8 Å². The quantitative estimate of drug-likeness (QED) is 0.642. The number of hydrogen-bond acceptors (Lipinski definition) is 9. The van der Waals surface area contributed by atoms with Gasteiger partial charge in [-0.15, -0.1) is 0 Å². The fraction of sp³-hybridized carbons (Fsp3) is 0.286. The van der Waals surface area contributed by atoms with Gasteiger partial charge in [0.2, 0.25) is 5.95 Å². The van der Waals surface area contributed by atoms with Crippen molar-refractivity contribution in [2.45, 2.75) is 6.92 Å². The summed E-state index contributed by atoms with van der Waals surface area (Å²) in [5.74, 6) is 0.332. The first-order valence-electron chi connectivity index (χ1n) is 9.80. The summed E-state index contributed by atoms with van der Waals surface area (Å²) in [4.78, 5) is 30.7. The Hall–Kier alpha value is -3.55. The summed E-state index contributed by atoms with van der Waals surface area (Å²) < 4.78 is 0. The molecule has 31 heavy (non-hydrogen) atoms. The first kappa shape index (κ1) is 20.7. The van der Waals surface area contributed by atoms with E-state index in [2.05, 4.69) is 38.3 Å². The second-order valence-corrected chi connectivity index (χ2v) is 8.37. The van der Waals surface area contributed by atoms with Gasteiger partial charge in [-0.05, 0) is 32.2 Å². The minimum Gasteiger partial charge on any atom is -0.375 e. The Kier molecular flexibility index (Phi) is 5.79. The molecule has 1 aromatic carbocycles. The van der Waals surface area contributed by atoms with Crippen LogP contribution in [0.15, 0.2) is 30.5 Å². The lowest BCUT2D eigenvalue weighted by Gasteiger charge is -2.32. The number of carbonyl (C=O) groups excluding carboxylic acids is 1. The first-order chi connectivity index (χ1) is 14.9. The normalized spacial score (nSPS) is 14.3. The number of hydrogen-bond donors (Lipinski definition) is 2. The lowest BCUT2D eigenvalue weighted by Crippen LogP contribution is -2.47. The average Bonchev–Trinajstić information content (AvgIpc) is 3.11. The van der Waals surface area contributed by atoms with Gasteiger partial charge in [-0.1, -0.05) is 17.4 Å². The van der Waals surface area contributed by atoms with E-state index in [0.29, 0.717) is 52.4 Å². The number of rotatable bonds is 4. The number of nitrogens with one attached hydrogen (secondary N) is 1. The maximum absolute atomic E-state index is 12.9. The van der Waals surface area contributed by atoms with Gasteiger partial charge < -0.3 is 20.9 Å². The number of aromatic nitrogens is 3. The van der Waals surface area contributed by atoms with Gasteiger partial charge in [0, 0.05) is 37.4 Å². The number of carbonyl (C=O) groups is 1. The number of nitrogens with zero attached hydrogens (tertiary/aromatic N) is 6. The largest absolute Gasteiger partial charge is 0.375 e. The molecule has 3 heterocycles. The fourth-order valence-corrected chi connectivity index (χ4v) is 4.22. The SMILES string of the molecule is Cc1nc(N)sc1-c1nc(Nc2cccc(C(=O)N3CCN(C)CC3)c2)ncc1C#N. The van der Waals surface area contributed by atoms with E-state index in [-0.39, 0.29) is 5.91 Å². The third kappa shape index (κ3) is 4.47. The molecule has 1 amide bonds. The highest BCUT2D eigenvalue weighted by atomic mass is 32.1. The van der Waals surface area contributed by atoms with Crippen LogP contribution in [0.3, 0.4) is 0 Å². The van der Waals surface area contributed by atoms with E-state index in [1.165, 1.54) is 17.5 Å². The molecule has 0 unspecified atom stereocenters. The highest BCUT2D eigenvalue weighted by Crippen LogP contribution is 2.32. The second-order valence-electron chi connectivity index (χ2n) is 7.34. The van der Waals surface area contributed by atoms with E-state index in [9.17, 15) is 10.1 Å². The number of piperazine rings is 1. The van der Waals surface area contributed by atoms with Crippen molar-refractivity contribution in [3.8, 4) is 16.6 Å². The van der Waals surface area contributed by atoms with Crippen LogP contribution >= 0.6 is 11.3 Å². The van der Waals surface area contributed by atoms with Crippen LogP contribution in [0.25, 0.3) is 10.6 Å². The Labute approximate surface area is 184 Å². The lowest BCUT2D eigenvalue weighted by atomic mass is 10.1. The third-order valence-electron chi connectivity index (χ3n) is 5.09. The molecule has 0 atom stereocenters. The number of aryl methyl sites for hydroxylation is 1. The zero-order valence-electron chi connectivity index (χ0n) is 17.3. The van der Waals surface area contributed by atoms with Gasteiger partial charge in [0.25, 0.3) is 5.91 Å². The van der Waals surface area contributed by atoms with Crippen LogP contribution in [0, 0.1) is 18.3 Å². The summed E-state index contributed by atoms with van der Waals surface area (Å²) in [5, 5.41) is 13.0. The minimum atomic E-state index is 0.00828. The van der Waals surface area contributed by atoms with Crippen LogP contribution in [0.4, 0.5) is 16.8 Å². The first-order valence-corrected chi connectivity index (χ1v) is 10.6. The molecule has 1 fully saturated rings. The van der Waals surface area contributed by atoms with Gasteiger partial charge in [0.05, 0.1) is 22.3 Å². The monoisotopic (exact) mass is 434 g/mol. The fourth-order valence-electron chi connectivity index (χ4n) is 3.39. The molecule has 0 bridgehead atoms. The molecular formula is C21H22N8OS. The Bertz CT molecular complexity index is 1160. The minimum absolute atomic E-state index is 0.00828. The van der Waals surface area contributed by atoms with Gasteiger partial charge in [0.15, 0.2) is 5.13 Å². The standard InChI is InChI=1S/C21H22N8OS/c1-13-18(31-20(23)25-13)17-15(11-22)12-24-21(27-17)26-16-5-3-4-14(10-16)19(30)29-8-6-28(2)7-9-29/h3-5,10,12H,6-9H2,1-2H3,(H2,23,25)(H,24,26,27).